The largest absolute Gasteiger partial charge is 0.303 e. The molecule has 1 aromatic heterocycles. The topological polar surface area (TPSA) is 50.3 Å². The number of carbonyl (C=O) groups excluding carboxylic acids is 2. The van der Waals surface area contributed by atoms with E-state index in [2.05, 4.69) is 4.98 Å². The molecule has 3 rings (SSSR count). The van der Waals surface area contributed by atoms with Crippen molar-refractivity contribution in [1.29, 1.82) is 0 Å². The molecule has 0 bridgehead atoms. The van der Waals surface area contributed by atoms with Gasteiger partial charge in [-0.05, 0) is 30.2 Å². The lowest BCUT2D eigenvalue weighted by atomic mass is 10.1. The second-order valence-corrected chi connectivity index (χ2v) is 4.94. The van der Waals surface area contributed by atoms with Gasteiger partial charge in [-0.15, -0.1) is 0 Å². The summed E-state index contributed by atoms with van der Waals surface area (Å²) in [6.07, 6.45) is 4.06. The SMILES string of the molecule is O=C1C(=O)N(CCc2cccnc2)c2c(Cl)cccc21. The molecule has 5 heteroatoms. The molecular weight excluding hydrogens is 276 g/mol. The van der Waals surface area contributed by atoms with Gasteiger partial charge in [-0.1, -0.05) is 23.7 Å². The number of ketones is 1. The average Bonchev–Trinajstić information content (AvgIpc) is 2.72. The summed E-state index contributed by atoms with van der Waals surface area (Å²) in [4.78, 5) is 29.4. The molecule has 20 heavy (non-hydrogen) atoms. The smallest absolute Gasteiger partial charge is 0.299 e. The minimum Gasteiger partial charge on any atom is -0.303 e. The van der Waals surface area contributed by atoms with E-state index in [-0.39, 0.29) is 0 Å². The van der Waals surface area contributed by atoms with Crippen molar-refractivity contribution < 1.29 is 9.59 Å². The molecule has 0 aliphatic carbocycles. The number of halogens is 1. The monoisotopic (exact) mass is 286 g/mol. The third-order valence-electron chi connectivity index (χ3n) is 3.29. The number of hydrogen-bond donors (Lipinski definition) is 0. The van der Waals surface area contributed by atoms with Gasteiger partial charge in [0.15, 0.2) is 0 Å². The van der Waals surface area contributed by atoms with E-state index in [0.29, 0.717) is 29.2 Å². The van der Waals surface area contributed by atoms with Gasteiger partial charge in [0, 0.05) is 18.9 Å². The van der Waals surface area contributed by atoms with E-state index in [1.807, 2.05) is 12.1 Å². The van der Waals surface area contributed by atoms with E-state index >= 15 is 0 Å². The molecular formula is C15H11ClN2O2. The van der Waals surface area contributed by atoms with Crippen molar-refractivity contribution in [3.8, 4) is 0 Å². The fourth-order valence-corrected chi connectivity index (χ4v) is 2.59. The van der Waals surface area contributed by atoms with Crippen molar-refractivity contribution >= 4 is 29.0 Å². The third-order valence-corrected chi connectivity index (χ3v) is 3.59. The number of amides is 1. The van der Waals surface area contributed by atoms with Crippen molar-refractivity contribution in [2.45, 2.75) is 6.42 Å². The van der Waals surface area contributed by atoms with Crippen LogP contribution in [-0.4, -0.2) is 23.2 Å². The number of nitrogens with zero attached hydrogens (tertiary/aromatic N) is 2. The van der Waals surface area contributed by atoms with E-state index in [1.165, 1.54) is 4.90 Å². The maximum Gasteiger partial charge on any atom is 0.299 e. The number of carbonyl (C=O) groups is 2. The second kappa shape index (κ2) is 5.06. The van der Waals surface area contributed by atoms with Crippen LogP contribution in [0, 0.1) is 0 Å². The molecule has 0 atom stereocenters. The Labute approximate surface area is 121 Å². The van der Waals surface area contributed by atoms with Gasteiger partial charge in [-0.3, -0.25) is 14.6 Å². The predicted molar refractivity (Wildman–Crippen MR) is 76.1 cm³/mol. The van der Waals surface area contributed by atoms with Crippen LogP contribution in [0.2, 0.25) is 5.02 Å². The van der Waals surface area contributed by atoms with E-state index in [1.54, 1.807) is 30.6 Å². The molecule has 100 valence electrons. The van der Waals surface area contributed by atoms with E-state index < -0.39 is 11.7 Å². The van der Waals surface area contributed by atoms with Gasteiger partial charge in [0.1, 0.15) is 0 Å². The Hall–Kier alpha value is -2.20. The van der Waals surface area contributed by atoms with Crippen molar-refractivity contribution in [2.24, 2.45) is 0 Å². The molecule has 1 aromatic carbocycles. The van der Waals surface area contributed by atoms with Gasteiger partial charge in [-0.2, -0.15) is 0 Å². The standard InChI is InChI=1S/C15H11ClN2O2/c16-12-5-1-4-11-13(12)18(15(20)14(11)19)8-6-10-3-2-7-17-9-10/h1-5,7,9H,6,8H2. The van der Waals surface area contributed by atoms with Crippen LogP contribution in [0.15, 0.2) is 42.7 Å². The lowest BCUT2D eigenvalue weighted by Crippen LogP contribution is -2.31. The quantitative estimate of drug-likeness (QED) is 0.815. The molecule has 1 aliphatic rings. The Morgan fingerprint density at radius 1 is 1.15 bits per heavy atom. The third kappa shape index (κ3) is 2.08. The Bertz CT molecular complexity index is 686. The number of rotatable bonds is 3. The molecule has 0 spiro atoms. The van der Waals surface area contributed by atoms with Crippen LogP contribution in [0.25, 0.3) is 0 Å². The molecule has 1 amide bonds. The predicted octanol–water partition coefficient (Wildman–Crippen LogP) is 2.51. The number of pyridine rings is 1. The molecule has 0 N–H and O–H groups in total. The summed E-state index contributed by atoms with van der Waals surface area (Å²) in [5, 5.41) is 0.424. The van der Waals surface area contributed by atoms with Crippen LogP contribution >= 0.6 is 11.6 Å². The lowest BCUT2D eigenvalue weighted by Gasteiger charge is -2.17. The van der Waals surface area contributed by atoms with Crippen LogP contribution in [-0.2, 0) is 11.2 Å². The highest BCUT2D eigenvalue weighted by Crippen LogP contribution is 2.35. The number of fused-ring (bicyclic) bond motifs is 1. The van der Waals surface area contributed by atoms with Gasteiger partial charge in [0.05, 0.1) is 16.3 Å². The van der Waals surface area contributed by atoms with Crippen molar-refractivity contribution in [2.75, 3.05) is 11.4 Å². The highest BCUT2D eigenvalue weighted by Gasteiger charge is 2.36. The Balaban J connectivity index is 1.88. The number of benzene rings is 1. The number of aromatic nitrogens is 1. The maximum atomic E-state index is 12.0. The van der Waals surface area contributed by atoms with E-state index in [0.717, 1.165) is 5.56 Å². The van der Waals surface area contributed by atoms with Crippen LogP contribution in [0.3, 0.4) is 0 Å². The van der Waals surface area contributed by atoms with Crippen molar-refractivity contribution in [3.05, 3.63) is 58.9 Å². The Kier molecular flexibility index (Phi) is 3.24. The van der Waals surface area contributed by atoms with Gasteiger partial charge in [0.2, 0.25) is 0 Å². The first-order valence-electron chi connectivity index (χ1n) is 6.22. The molecule has 2 aromatic rings. The summed E-state index contributed by atoms with van der Waals surface area (Å²) in [6, 6.07) is 8.77. The van der Waals surface area contributed by atoms with Gasteiger partial charge < -0.3 is 4.90 Å². The summed E-state index contributed by atoms with van der Waals surface area (Å²) in [5.74, 6) is -1.01. The minimum absolute atomic E-state index is 0.383. The molecule has 0 radical (unpaired) electrons. The summed E-state index contributed by atoms with van der Waals surface area (Å²) >= 11 is 6.12. The zero-order chi connectivity index (χ0) is 14.1. The molecule has 0 saturated heterocycles. The molecule has 2 heterocycles. The second-order valence-electron chi connectivity index (χ2n) is 4.53. The first-order valence-corrected chi connectivity index (χ1v) is 6.60. The highest BCUT2D eigenvalue weighted by atomic mass is 35.5. The maximum absolute atomic E-state index is 12.0. The summed E-state index contributed by atoms with van der Waals surface area (Å²) in [5.41, 5.74) is 1.91. The van der Waals surface area contributed by atoms with Gasteiger partial charge in [-0.25, -0.2) is 0 Å². The van der Waals surface area contributed by atoms with Gasteiger partial charge >= 0.3 is 0 Å². The molecule has 0 unspecified atom stereocenters. The first kappa shape index (κ1) is 12.8. The van der Waals surface area contributed by atoms with Crippen LogP contribution in [0.4, 0.5) is 5.69 Å². The van der Waals surface area contributed by atoms with Crippen LogP contribution in [0.5, 0.6) is 0 Å². The normalized spacial score (nSPS) is 13.8. The van der Waals surface area contributed by atoms with E-state index in [4.69, 9.17) is 11.6 Å². The van der Waals surface area contributed by atoms with E-state index in [9.17, 15) is 9.59 Å². The number of Topliss-reactive ketones (excluding diaryl/α,β-unsaturated/α-hetero) is 1. The highest BCUT2D eigenvalue weighted by molar-refractivity contribution is 6.54. The molecule has 4 nitrogen and oxygen atoms in total. The Morgan fingerprint density at radius 2 is 2.00 bits per heavy atom. The first-order chi connectivity index (χ1) is 9.68. The minimum atomic E-state index is -0.517. The lowest BCUT2D eigenvalue weighted by molar-refractivity contribution is -0.114. The van der Waals surface area contributed by atoms with Gasteiger partial charge in [0.25, 0.3) is 11.7 Å². The number of para-hydroxylation sites is 1. The van der Waals surface area contributed by atoms with Crippen LogP contribution in [0.1, 0.15) is 15.9 Å². The van der Waals surface area contributed by atoms with Crippen LogP contribution < -0.4 is 4.90 Å². The molecule has 0 fully saturated rings. The fraction of sp³-hybridized carbons (Fsp3) is 0.133. The Morgan fingerprint density at radius 3 is 2.75 bits per heavy atom. The average molecular weight is 287 g/mol. The zero-order valence-corrected chi connectivity index (χ0v) is 11.3. The zero-order valence-electron chi connectivity index (χ0n) is 10.5. The number of hydrogen-bond acceptors (Lipinski definition) is 3. The fourth-order valence-electron chi connectivity index (χ4n) is 2.31. The summed E-state index contributed by atoms with van der Waals surface area (Å²) in [7, 11) is 0. The molecule has 0 saturated carbocycles. The summed E-state index contributed by atoms with van der Waals surface area (Å²) < 4.78 is 0. The molecule has 1 aliphatic heterocycles. The number of anilines is 1. The van der Waals surface area contributed by atoms with Crippen molar-refractivity contribution in [1.82, 2.24) is 4.98 Å². The van der Waals surface area contributed by atoms with Crippen molar-refractivity contribution in [3.63, 3.8) is 0 Å². The summed E-state index contributed by atoms with van der Waals surface area (Å²) in [6.45, 7) is 0.410.